The molecule has 0 spiro atoms. The normalized spacial score (nSPS) is 15.8. The monoisotopic (exact) mass is 316 g/mol. The molecule has 1 aromatic carbocycles. The second kappa shape index (κ2) is 6.78. The van der Waals surface area contributed by atoms with Gasteiger partial charge in [0.05, 0.1) is 17.6 Å². The Balaban J connectivity index is 1.67. The third kappa shape index (κ3) is 3.68. The third-order valence-corrected chi connectivity index (χ3v) is 4.12. The lowest BCUT2D eigenvalue weighted by Gasteiger charge is -2.27. The molecule has 0 saturated carbocycles. The van der Waals surface area contributed by atoms with Gasteiger partial charge in [0, 0.05) is 18.8 Å². The van der Waals surface area contributed by atoms with Crippen molar-refractivity contribution in [2.45, 2.75) is 31.9 Å². The van der Waals surface area contributed by atoms with Crippen molar-refractivity contribution in [1.29, 1.82) is 0 Å². The van der Waals surface area contributed by atoms with Crippen LogP contribution in [0.5, 0.6) is 0 Å². The van der Waals surface area contributed by atoms with Crippen LogP contribution in [-0.4, -0.2) is 39.0 Å². The Hall–Kier alpha value is -2.41. The molecule has 0 unspecified atom stereocenters. The molecule has 7 nitrogen and oxygen atoms in total. The van der Waals surface area contributed by atoms with Gasteiger partial charge in [0.25, 0.3) is 0 Å². The number of nitro groups is 1. The average Bonchev–Trinajstić information content (AvgIpc) is 2.90. The predicted octanol–water partition coefficient (Wildman–Crippen LogP) is 2.00. The Labute approximate surface area is 134 Å². The highest BCUT2D eigenvalue weighted by molar-refractivity contribution is 5.54. The molecule has 0 bridgehead atoms. The molecule has 1 aliphatic heterocycles. The number of nitrogens with zero attached hydrogens (tertiary/aromatic N) is 4. The van der Waals surface area contributed by atoms with Gasteiger partial charge in [-0.2, -0.15) is 5.10 Å². The Morgan fingerprint density at radius 2 is 2.13 bits per heavy atom. The summed E-state index contributed by atoms with van der Waals surface area (Å²) in [6.07, 6.45) is 5.21. The molecular weight excluding hydrogens is 296 g/mol. The standard InChI is InChI=1S/C16H20N4O3/c21-15(12-19-10-14(9-17-19)20(22)23)11-18-8-4-3-6-13-5-1-2-7-16(13)18/h1-2,5,7,9-10,15,21H,3-4,6,8,11-12H2/t15-/m1/s1. The minimum Gasteiger partial charge on any atom is -0.389 e. The Morgan fingerprint density at radius 3 is 2.91 bits per heavy atom. The third-order valence-electron chi connectivity index (χ3n) is 4.12. The molecule has 7 heteroatoms. The van der Waals surface area contributed by atoms with Gasteiger partial charge in [0.15, 0.2) is 0 Å². The van der Waals surface area contributed by atoms with E-state index in [4.69, 9.17) is 0 Å². The summed E-state index contributed by atoms with van der Waals surface area (Å²) in [4.78, 5) is 12.4. The van der Waals surface area contributed by atoms with Crippen LogP contribution in [-0.2, 0) is 13.0 Å². The molecule has 0 radical (unpaired) electrons. The maximum absolute atomic E-state index is 10.7. The van der Waals surface area contributed by atoms with E-state index in [2.05, 4.69) is 22.1 Å². The minimum absolute atomic E-state index is 0.0580. The number of aryl methyl sites for hydroxylation is 1. The van der Waals surface area contributed by atoms with E-state index in [9.17, 15) is 15.2 Å². The van der Waals surface area contributed by atoms with Gasteiger partial charge in [-0.1, -0.05) is 18.2 Å². The van der Waals surface area contributed by atoms with E-state index < -0.39 is 11.0 Å². The fourth-order valence-electron chi connectivity index (χ4n) is 3.03. The minimum atomic E-state index is -0.638. The Bertz CT molecular complexity index is 685. The van der Waals surface area contributed by atoms with Gasteiger partial charge < -0.3 is 10.0 Å². The van der Waals surface area contributed by atoms with Crippen LogP contribution < -0.4 is 4.90 Å². The second-order valence-electron chi connectivity index (χ2n) is 5.86. The zero-order chi connectivity index (χ0) is 16.2. The SMILES string of the molecule is O=[N+]([O-])c1cnn(C[C@H](O)CN2CCCCc3ccccc32)c1. The highest BCUT2D eigenvalue weighted by atomic mass is 16.6. The summed E-state index contributed by atoms with van der Waals surface area (Å²) in [6, 6.07) is 8.28. The average molecular weight is 316 g/mol. The molecule has 2 heterocycles. The predicted molar refractivity (Wildman–Crippen MR) is 86.5 cm³/mol. The largest absolute Gasteiger partial charge is 0.389 e. The number of β-amino-alcohol motifs (C(OH)–C–C–N with tert-alkyl or cyclic N) is 1. The number of rotatable bonds is 5. The van der Waals surface area contributed by atoms with E-state index in [1.165, 1.54) is 28.3 Å². The highest BCUT2D eigenvalue weighted by Crippen LogP contribution is 2.26. The number of aliphatic hydroxyl groups excluding tert-OH is 1. The molecule has 1 N–H and O–H groups in total. The fraction of sp³-hybridized carbons (Fsp3) is 0.438. The van der Waals surface area contributed by atoms with Crippen LogP contribution in [0.4, 0.5) is 11.4 Å². The van der Waals surface area contributed by atoms with Crippen molar-refractivity contribution in [2.75, 3.05) is 18.0 Å². The van der Waals surface area contributed by atoms with Crippen molar-refractivity contribution in [3.63, 3.8) is 0 Å². The summed E-state index contributed by atoms with van der Waals surface area (Å²) in [5.74, 6) is 0. The zero-order valence-electron chi connectivity index (χ0n) is 12.8. The van der Waals surface area contributed by atoms with Crippen LogP contribution in [0.2, 0.25) is 0 Å². The van der Waals surface area contributed by atoms with Gasteiger partial charge in [0.2, 0.25) is 0 Å². The summed E-state index contributed by atoms with van der Waals surface area (Å²) >= 11 is 0. The van der Waals surface area contributed by atoms with E-state index in [0.717, 1.165) is 25.8 Å². The molecule has 3 rings (SSSR count). The van der Waals surface area contributed by atoms with Crippen molar-refractivity contribution in [1.82, 2.24) is 9.78 Å². The number of fused-ring (bicyclic) bond motifs is 1. The lowest BCUT2D eigenvalue weighted by Crippen LogP contribution is -2.35. The lowest BCUT2D eigenvalue weighted by atomic mass is 10.1. The summed E-state index contributed by atoms with van der Waals surface area (Å²) in [5.41, 5.74) is 2.43. The smallest absolute Gasteiger partial charge is 0.306 e. The summed E-state index contributed by atoms with van der Waals surface area (Å²) in [5, 5.41) is 25.0. The first-order chi connectivity index (χ1) is 11.1. The number of aromatic nitrogens is 2. The summed E-state index contributed by atoms with van der Waals surface area (Å²) in [6.45, 7) is 1.64. The maximum Gasteiger partial charge on any atom is 0.306 e. The molecule has 2 aromatic rings. The van der Waals surface area contributed by atoms with Crippen molar-refractivity contribution in [3.8, 4) is 0 Å². The summed E-state index contributed by atoms with van der Waals surface area (Å²) in [7, 11) is 0. The Morgan fingerprint density at radius 1 is 1.30 bits per heavy atom. The molecule has 23 heavy (non-hydrogen) atoms. The van der Waals surface area contributed by atoms with Crippen LogP contribution in [0, 0.1) is 10.1 Å². The Kier molecular flexibility index (Phi) is 4.57. The number of hydrogen-bond donors (Lipinski definition) is 1. The van der Waals surface area contributed by atoms with E-state index >= 15 is 0 Å². The first-order valence-corrected chi connectivity index (χ1v) is 7.81. The van der Waals surface area contributed by atoms with Crippen LogP contribution in [0.25, 0.3) is 0 Å². The van der Waals surface area contributed by atoms with Gasteiger partial charge in [0.1, 0.15) is 12.4 Å². The van der Waals surface area contributed by atoms with Crippen molar-refractivity contribution in [2.24, 2.45) is 0 Å². The number of anilines is 1. The number of aliphatic hydroxyl groups is 1. The lowest BCUT2D eigenvalue weighted by molar-refractivity contribution is -0.385. The van der Waals surface area contributed by atoms with E-state index in [1.54, 1.807) is 0 Å². The topological polar surface area (TPSA) is 84.4 Å². The molecule has 122 valence electrons. The number of para-hydroxylation sites is 1. The molecule has 1 atom stereocenters. The maximum atomic E-state index is 10.7. The van der Waals surface area contributed by atoms with Crippen LogP contribution >= 0.6 is 0 Å². The first-order valence-electron chi connectivity index (χ1n) is 7.81. The van der Waals surface area contributed by atoms with Gasteiger partial charge in [-0.05, 0) is 30.9 Å². The second-order valence-corrected chi connectivity index (χ2v) is 5.86. The highest BCUT2D eigenvalue weighted by Gasteiger charge is 2.19. The number of benzene rings is 1. The van der Waals surface area contributed by atoms with Crippen LogP contribution in [0.1, 0.15) is 18.4 Å². The van der Waals surface area contributed by atoms with E-state index in [0.29, 0.717) is 6.54 Å². The summed E-state index contributed by atoms with van der Waals surface area (Å²) < 4.78 is 1.42. The van der Waals surface area contributed by atoms with E-state index in [1.807, 2.05) is 12.1 Å². The molecule has 1 aliphatic rings. The van der Waals surface area contributed by atoms with Crippen LogP contribution in [0.15, 0.2) is 36.7 Å². The first kappa shape index (κ1) is 15.5. The zero-order valence-corrected chi connectivity index (χ0v) is 12.8. The van der Waals surface area contributed by atoms with Crippen molar-refractivity contribution < 1.29 is 10.0 Å². The molecule has 0 aliphatic carbocycles. The van der Waals surface area contributed by atoms with Gasteiger partial charge >= 0.3 is 5.69 Å². The molecule has 1 aromatic heterocycles. The van der Waals surface area contributed by atoms with Crippen molar-refractivity contribution >= 4 is 11.4 Å². The molecule has 0 amide bonds. The molecular formula is C16H20N4O3. The van der Waals surface area contributed by atoms with Gasteiger partial charge in [-0.15, -0.1) is 0 Å². The fourth-order valence-corrected chi connectivity index (χ4v) is 3.03. The molecule has 0 fully saturated rings. The quantitative estimate of drug-likeness (QED) is 0.673. The van der Waals surface area contributed by atoms with Crippen LogP contribution in [0.3, 0.4) is 0 Å². The van der Waals surface area contributed by atoms with Gasteiger partial charge in [-0.25, -0.2) is 0 Å². The van der Waals surface area contributed by atoms with Gasteiger partial charge in [-0.3, -0.25) is 14.8 Å². The number of hydrogen-bond acceptors (Lipinski definition) is 5. The molecule has 0 saturated heterocycles. The van der Waals surface area contributed by atoms with Crippen molar-refractivity contribution in [3.05, 3.63) is 52.3 Å². The van der Waals surface area contributed by atoms with E-state index in [-0.39, 0.29) is 12.2 Å².